The third kappa shape index (κ3) is 6.32. The molecule has 2 rings (SSSR count). The molecule has 0 amide bonds. The van der Waals surface area contributed by atoms with E-state index in [-0.39, 0.29) is 27.4 Å². The van der Waals surface area contributed by atoms with Crippen LogP contribution in [0, 0.1) is 11.2 Å². The monoisotopic (exact) mass is 447 g/mol. The second kappa shape index (κ2) is 10.6. The van der Waals surface area contributed by atoms with E-state index in [0.717, 1.165) is 25.0 Å². The third-order valence-electron chi connectivity index (χ3n) is 3.42. The number of nitrogens with zero attached hydrogens (tertiary/aromatic N) is 2. The van der Waals surface area contributed by atoms with E-state index in [4.69, 9.17) is 16.3 Å². The van der Waals surface area contributed by atoms with Crippen LogP contribution < -0.4 is 21.1 Å². The van der Waals surface area contributed by atoms with Crippen molar-refractivity contribution in [1.29, 1.82) is 5.41 Å². The molecule has 26 heavy (non-hydrogen) atoms. The Balaban J connectivity index is 0.00000163. The second-order valence-electron chi connectivity index (χ2n) is 5.25. The fourth-order valence-electron chi connectivity index (χ4n) is 1.84. The van der Waals surface area contributed by atoms with Crippen molar-refractivity contribution in [3.05, 3.63) is 28.5 Å². The lowest BCUT2D eigenvalue weighted by molar-refractivity contribution is 0.236. The Morgan fingerprint density at radius 2 is 2.12 bits per heavy atom. The lowest BCUT2D eigenvalue weighted by Gasteiger charge is -2.13. The van der Waals surface area contributed by atoms with Crippen molar-refractivity contribution in [3.8, 4) is 0 Å². The molecule has 0 bridgehead atoms. The van der Waals surface area contributed by atoms with E-state index in [1.165, 1.54) is 18.2 Å². The van der Waals surface area contributed by atoms with E-state index < -0.39 is 5.82 Å². The molecule has 1 fully saturated rings. The quantitative estimate of drug-likeness (QED) is 0.164. The van der Waals surface area contributed by atoms with Crippen LogP contribution in [0.3, 0.4) is 0 Å². The van der Waals surface area contributed by atoms with E-state index in [1.54, 1.807) is 0 Å². The molecule has 0 spiro atoms. The number of nitrogens with two attached hydrogens (primary N) is 2. The predicted molar refractivity (Wildman–Crippen MR) is 109 cm³/mol. The molecule has 0 radical (unpaired) electrons. The highest BCUT2D eigenvalue weighted by atomic mass is 79.9. The second-order valence-corrected chi connectivity index (χ2v) is 6.54. The van der Waals surface area contributed by atoms with Gasteiger partial charge in [0.05, 0.1) is 16.7 Å². The molecule has 1 aliphatic rings. The molecule has 0 unspecified atom stereocenters. The number of rotatable bonds is 7. The van der Waals surface area contributed by atoms with E-state index >= 15 is 0 Å². The van der Waals surface area contributed by atoms with Gasteiger partial charge in [-0.25, -0.2) is 14.1 Å². The Hall–Kier alpha value is -1.53. The first kappa shape index (κ1) is 22.5. The summed E-state index contributed by atoms with van der Waals surface area (Å²) in [6, 6.07) is 4.08. The molecule has 0 aromatic heterocycles. The van der Waals surface area contributed by atoms with Crippen molar-refractivity contribution >= 4 is 51.1 Å². The van der Waals surface area contributed by atoms with Crippen LogP contribution in [0.4, 0.5) is 10.1 Å². The van der Waals surface area contributed by atoms with Crippen molar-refractivity contribution in [2.45, 2.75) is 32.2 Å². The SMILES string of the molecule is CC.N=C(C(N)=Nc1ccc(F)c(Br)c1)C(=NCC1(NSN)CC1)NO. The summed E-state index contributed by atoms with van der Waals surface area (Å²) < 4.78 is 16.5. The Morgan fingerprint density at radius 1 is 1.46 bits per heavy atom. The van der Waals surface area contributed by atoms with Crippen molar-refractivity contribution in [1.82, 2.24) is 10.2 Å². The van der Waals surface area contributed by atoms with Crippen molar-refractivity contribution in [3.63, 3.8) is 0 Å². The maximum Gasteiger partial charge on any atom is 0.174 e. The highest BCUT2D eigenvalue weighted by molar-refractivity contribution is 9.10. The van der Waals surface area contributed by atoms with E-state index in [0.29, 0.717) is 12.2 Å². The number of amidine groups is 2. The molecule has 8 nitrogen and oxygen atoms in total. The predicted octanol–water partition coefficient (Wildman–Crippen LogP) is 2.64. The number of nitrogens with one attached hydrogen (secondary N) is 3. The first-order valence-electron chi connectivity index (χ1n) is 7.87. The number of hydrogen-bond donors (Lipinski definition) is 6. The third-order valence-corrected chi connectivity index (χ3v) is 4.58. The molecule has 0 saturated heterocycles. The summed E-state index contributed by atoms with van der Waals surface area (Å²) in [6.07, 6.45) is 1.81. The molecule has 8 N–H and O–H groups in total. The average Bonchev–Trinajstić information content (AvgIpc) is 3.40. The Bertz CT molecular complexity index is 695. The van der Waals surface area contributed by atoms with Gasteiger partial charge in [-0.1, -0.05) is 13.8 Å². The Labute approximate surface area is 164 Å². The van der Waals surface area contributed by atoms with E-state index in [1.807, 2.05) is 19.3 Å². The van der Waals surface area contributed by atoms with Crippen molar-refractivity contribution < 1.29 is 9.60 Å². The first-order chi connectivity index (χ1) is 12.4. The molecular formula is C15H23BrFN7OS. The van der Waals surface area contributed by atoms with Gasteiger partial charge in [0, 0.05) is 17.7 Å². The summed E-state index contributed by atoms with van der Waals surface area (Å²) in [5.41, 5.74) is 7.51. The van der Waals surface area contributed by atoms with Gasteiger partial charge in [0.1, 0.15) is 11.5 Å². The zero-order chi connectivity index (χ0) is 19.7. The van der Waals surface area contributed by atoms with Gasteiger partial charge in [-0.15, -0.1) is 0 Å². The van der Waals surface area contributed by atoms with E-state index in [9.17, 15) is 9.60 Å². The minimum absolute atomic E-state index is 0.104. The molecule has 11 heteroatoms. The van der Waals surface area contributed by atoms with Gasteiger partial charge in [-0.2, -0.15) is 0 Å². The van der Waals surface area contributed by atoms with Gasteiger partial charge in [0.2, 0.25) is 0 Å². The number of hydrogen-bond acceptors (Lipinski definition) is 7. The lowest BCUT2D eigenvalue weighted by Crippen LogP contribution is -2.39. The fraction of sp³-hybridized carbons (Fsp3) is 0.400. The number of hydroxylamine groups is 1. The molecule has 1 aromatic rings. The van der Waals surface area contributed by atoms with Crippen LogP contribution in [-0.2, 0) is 0 Å². The summed E-state index contributed by atoms with van der Waals surface area (Å²) in [6.45, 7) is 4.33. The molecule has 0 atom stereocenters. The van der Waals surface area contributed by atoms with Gasteiger partial charge < -0.3 is 5.73 Å². The van der Waals surface area contributed by atoms with Crippen LogP contribution in [0.5, 0.6) is 0 Å². The highest BCUT2D eigenvalue weighted by Crippen LogP contribution is 2.36. The van der Waals surface area contributed by atoms with Gasteiger partial charge in [0.25, 0.3) is 0 Å². The van der Waals surface area contributed by atoms with Gasteiger partial charge in [0.15, 0.2) is 11.7 Å². The minimum atomic E-state index is -0.429. The molecule has 0 aliphatic heterocycles. The topological polar surface area (TPSA) is 145 Å². The minimum Gasteiger partial charge on any atom is -0.382 e. The van der Waals surface area contributed by atoms with Gasteiger partial charge in [-0.3, -0.25) is 26.2 Å². The van der Waals surface area contributed by atoms with Crippen LogP contribution in [-0.4, -0.2) is 34.7 Å². The number of halogens is 2. The number of aliphatic imine (C=N–C) groups is 2. The van der Waals surface area contributed by atoms with Crippen molar-refractivity contribution in [2.24, 2.45) is 20.9 Å². The zero-order valence-corrected chi connectivity index (χ0v) is 16.9. The normalized spacial score (nSPS) is 15.8. The molecule has 0 heterocycles. The van der Waals surface area contributed by atoms with Crippen LogP contribution >= 0.6 is 28.1 Å². The van der Waals surface area contributed by atoms with Gasteiger partial charge >= 0.3 is 0 Å². The van der Waals surface area contributed by atoms with Crippen molar-refractivity contribution in [2.75, 3.05) is 6.54 Å². The first-order valence-corrected chi connectivity index (χ1v) is 9.54. The number of benzene rings is 1. The lowest BCUT2D eigenvalue weighted by atomic mass is 10.2. The Morgan fingerprint density at radius 3 is 2.62 bits per heavy atom. The van der Waals surface area contributed by atoms with Crippen LogP contribution in [0.15, 0.2) is 32.7 Å². The standard InChI is InChI=1S/C13H17BrFN7OS.C2H6/c14-8-5-7(1-2-9(8)15)20-11(17)10(16)12(21-23)19-6-13(3-4-13)22-24-18;1-2/h1-2,5,16,22-23H,3-4,6,18H2,(H2,17,20)(H,19,21);1-2H3. The largest absolute Gasteiger partial charge is 0.382 e. The fourth-order valence-corrected chi connectivity index (χ4v) is 2.73. The van der Waals surface area contributed by atoms with Crippen LogP contribution in [0.2, 0.25) is 0 Å². The zero-order valence-electron chi connectivity index (χ0n) is 14.5. The summed E-state index contributed by atoms with van der Waals surface area (Å²) in [7, 11) is 0. The maximum absolute atomic E-state index is 13.2. The molecule has 1 aliphatic carbocycles. The summed E-state index contributed by atoms with van der Waals surface area (Å²) >= 11 is 4.06. The average molecular weight is 448 g/mol. The smallest absolute Gasteiger partial charge is 0.174 e. The maximum atomic E-state index is 13.2. The van der Waals surface area contributed by atoms with Gasteiger partial charge in [-0.05, 0) is 47.0 Å². The van der Waals surface area contributed by atoms with Crippen LogP contribution in [0.25, 0.3) is 0 Å². The molecule has 1 aromatic carbocycles. The highest BCUT2D eigenvalue weighted by Gasteiger charge is 2.42. The Kier molecular flexibility index (Phi) is 9.16. The molecular weight excluding hydrogens is 425 g/mol. The molecule has 144 valence electrons. The van der Waals surface area contributed by atoms with Crippen LogP contribution in [0.1, 0.15) is 26.7 Å². The summed E-state index contributed by atoms with van der Waals surface area (Å²) in [4.78, 5) is 8.19. The van der Waals surface area contributed by atoms with E-state index in [2.05, 4.69) is 30.6 Å². The summed E-state index contributed by atoms with van der Waals surface area (Å²) in [5, 5.41) is 22.6. The molecule has 1 saturated carbocycles. The summed E-state index contributed by atoms with van der Waals surface area (Å²) in [5.74, 6) is -0.700.